The molecular weight excluding hydrogens is 330 g/mol. The van der Waals surface area contributed by atoms with Crippen molar-refractivity contribution in [3.8, 4) is 11.3 Å². The van der Waals surface area contributed by atoms with Crippen molar-refractivity contribution in [2.24, 2.45) is 0 Å². The van der Waals surface area contributed by atoms with E-state index < -0.39 is 6.10 Å². The highest BCUT2D eigenvalue weighted by Crippen LogP contribution is 2.22. The third-order valence-corrected chi connectivity index (χ3v) is 5.09. The molecule has 4 nitrogen and oxygen atoms in total. The van der Waals surface area contributed by atoms with E-state index in [1.165, 1.54) is 16.1 Å². The van der Waals surface area contributed by atoms with Crippen LogP contribution in [0.1, 0.15) is 29.2 Å². The van der Waals surface area contributed by atoms with E-state index in [4.69, 9.17) is 0 Å². The number of thiazole rings is 1. The van der Waals surface area contributed by atoms with Crippen LogP contribution in [0.25, 0.3) is 11.3 Å². The van der Waals surface area contributed by atoms with Crippen LogP contribution in [-0.2, 0) is 12.8 Å². The molecule has 5 heteroatoms. The maximum absolute atomic E-state index is 10.1. The smallest absolute Gasteiger partial charge is 0.0929 e. The first-order chi connectivity index (χ1) is 12.3. The van der Waals surface area contributed by atoms with Gasteiger partial charge in [0, 0.05) is 35.4 Å². The molecule has 2 heterocycles. The number of nitrogens with one attached hydrogen (secondary N) is 1. The van der Waals surface area contributed by atoms with Crippen molar-refractivity contribution >= 4 is 11.3 Å². The van der Waals surface area contributed by atoms with Crippen LogP contribution in [0.2, 0.25) is 0 Å². The Morgan fingerprint density at radius 3 is 2.72 bits per heavy atom. The number of hydrogen-bond donors (Lipinski definition) is 2. The third-order valence-electron chi connectivity index (χ3n) is 4.10. The molecule has 1 atom stereocenters. The Morgan fingerprint density at radius 1 is 1.20 bits per heavy atom. The minimum atomic E-state index is -0.520. The van der Waals surface area contributed by atoms with Crippen LogP contribution in [0.5, 0.6) is 0 Å². The number of aromatic nitrogens is 2. The highest BCUT2D eigenvalue weighted by Gasteiger charge is 2.07. The van der Waals surface area contributed by atoms with Crippen LogP contribution >= 0.6 is 11.3 Å². The van der Waals surface area contributed by atoms with Gasteiger partial charge in [-0.05, 0) is 31.0 Å². The highest BCUT2D eigenvalue weighted by molar-refractivity contribution is 7.09. The van der Waals surface area contributed by atoms with Gasteiger partial charge in [-0.2, -0.15) is 0 Å². The molecule has 25 heavy (non-hydrogen) atoms. The van der Waals surface area contributed by atoms with Crippen molar-refractivity contribution < 1.29 is 5.11 Å². The Kier molecular flexibility index (Phi) is 6.28. The number of aliphatic hydroxyl groups excluding tert-OH is 1. The number of rotatable bonds is 8. The molecule has 0 bridgehead atoms. The van der Waals surface area contributed by atoms with E-state index in [1.54, 1.807) is 23.7 Å². The molecule has 3 aromatic rings. The van der Waals surface area contributed by atoms with Crippen LogP contribution in [0, 0.1) is 0 Å². The molecule has 2 N–H and O–H groups in total. The van der Waals surface area contributed by atoms with E-state index in [-0.39, 0.29) is 0 Å². The molecule has 2 aromatic heterocycles. The molecule has 0 radical (unpaired) electrons. The number of aryl methyl sites for hydroxylation is 1. The molecule has 0 saturated heterocycles. The highest BCUT2D eigenvalue weighted by atomic mass is 32.1. The lowest BCUT2D eigenvalue weighted by atomic mass is 10.1. The molecule has 0 aliphatic carbocycles. The van der Waals surface area contributed by atoms with Gasteiger partial charge in [0.25, 0.3) is 0 Å². The lowest BCUT2D eigenvalue weighted by molar-refractivity contribution is 0.174. The fourth-order valence-corrected chi connectivity index (χ4v) is 3.36. The van der Waals surface area contributed by atoms with E-state index in [1.807, 2.05) is 12.1 Å². The van der Waals surface area contributed by atoms with Gasteiger partial charge in [0.1, 0.15) is 0 Å². The summed E-state index contributed by atoms with van der Waals surface area (Å²) >= 11 is 1.72. The molecule has 0 aliphatic heterocycles. The molecule has 0 spiro atoms. The van der Waals surface area contributed by atoms with Gasteiger partial charge in [-0.15, -0.1) is 11.3 Å². The summed E-state index contributed by atoms with van der Waals surface area (Å²) in [7, 11) is 0. The average Bonchev–Trinajstić information content (AvgIpc) is 3.15. The van der Waals surface area contributed by atoms with E-state index in [0.717, 1.165) is 30.6 Å². The monoisotopic (exact) mass is 353 g/mol. The summed E-state index contributed by atoms with van der Waals surface area (Å²) in [6.45, 7) is 3.49. The summed E-state index contributed by atoms with van der Waals surface area (Å²) in [5, 5.41) is 16.7. The molecule has 130 valence electrons. The first kappa shape index (κ1) is 17.7. The van der Waals surface area contributed by atoms with Gasteiger partial charge >= 0.3 is 0 Å². The van der Waals surface area contributed by atoms with E-state index >= 15 is 0 Å². The van der Waals surface area contributed by atoms with Crippen molar-refractivity contribution in [3.63, 3.8) is 0 Å². The Morgan fingerprint density at radius 2 is 2.04 bits per heavy atom. The maximum atomic E-state index is 10.1. The predicted molar refractivity (Wildman–Crippen MR) is 103 cm³/mol. The Bertz CT molecular complexity index is 771. The molecule has 3 rings (SSSR count). The second-order valence-electron chi connectivity index (χ2n) is 5.93. The minimum absolute atomic E-state index is 0.520. The minimum Gasteiger partial charge on any atom is -0.387 e. The van der Waals surface area contributed by atoms with Gasteiger partial charge in [-0.1, -0.05) is 37.3 Å². The number of nitrogens with zero attached hydrogens (tertiary/aromatic N) is 2. The number of aliphatic hydroxyl groups is 1. The molecule has 0 fully saturated rings. The molecule has 0 aliphatic rings. The Labute approximate surface area is 152 Å². The topological polar surface area (TPSA) is 58.0 Å². The number of hydrogen-bond acceptors (Lipinski definition) is 5. The number of benzene rings is 1. The van der Waals surface area contributed by atoms with E-state index in [2.05, 4.69) is 51.9 Å². The quantitative estimate of drug-likeness (QED) is 0.607. The first-order valence-corrected chi connectivity index (χ1v) is 9.46. The fraction of sp³-hybridized carbons (Fsp3) is 0.300. The van der Waals surface area contributed by atoms with Gasteiger partial charge in [0.15, 0.2) is 0 Å². The zero-order valence-corrected chi connectivity index (χ0v) is 15.2. The summed E-state index contributed by atoms with van der Waals surface area (Å²) in [6.07, 6.45) is 4.81. The summed E-state index contributed by atoms with van der Waals surface area (Å²) in [5.41, 5.74) is 4.35. The molecule has 1 unspecified atom stereocenters. The van der Waals surface area contributed by atoms with Gasteiger partial charge in [0.05, 0.1) is 16.8 Å². The molecule has 0 amide bonds. The van der Waals surface area contributed by atoms with Crippen LogP contribution in [0.15, 0.2) is 54.2 Å². The van der Waals surface area contributed by atoms with Gasteiger partial charge in [-0.3, -0.25) is 4.98 Å². The van der Waals surface area contributed by atoms with Crippen LogP contribution in [0.4, 0.5) is 0 Å². The molecule has 1 aromatic carbocycles. The maximum Gasteiger partial charge on any atom is 0.0929 e. The Balaban J connectivity index is 1.46. The Hall–Kier alpha value is -2.08. The van der Waals surface area contributed by atoms with Crippen molar-refractivity contribution in [3.05, 3.63) is 70.3 Å². The second kappa shape index (κ2) is 8.85. The first-order valence-electron chi connectivity index (χ1n) is 8.58. The molecular formula is C20H23N3OS. The lowest BCUT2D eigenvalue weighted by Crippen LogP contribution is -2.23. The normalized spacial score (nSPS) is 12.2. The van der Waals surface area contributed by atoms with Crippen molar-refractivity contribution in [1.82, 2.24) is 15.3 Å². The summed E-state index contributed by atoms with van der Waals surface area (Å²) < 4.78 is 0. The zero-order valence-electron chi connectivity index (χ0n) is 14.4. The van der Waals surface area contributed by atoms with Crippen LogP contribution in [0.3, 0.4) is 0 Å². The van der Waals surface area contributed by atoms with Crippen molar-refractivity contribution in [1.29, 1.82) is 0 Å². The van der Waals surface area contributed by atoms with Gasteiger partial charge in [0.2, 0.25) is 0 Å². The average molecular weight is 353 g/mol. The lowest BCUT2D eigenvalue weighted by Gasteiger charge is -2.11. The van der Waals surface area contributed by atoms with E-state index in [9.17, 15) is 5.11 Å². The third kappa shape index (κ3) is 4.95. The fourth-order valence-electron chi connectivity index (χ4n) is 2.61. The van der Waals surface area contributed by atoms with Crippen LogP contribution < -0.4 is 5.32 Å². The summed E-state index contributed by atoms with van der Waals surface area (Å²) in [4.78, 5) is 8.66. The SMILES string of the molecule is CCc1nc(-c2ccc(CCNCC(O)c3cccnc3)cc2)cs1. The standard InChI is InChI=1S/C20H23N3OS/c1-2-20-23-18(14-25-20)16-7-5-15(6-8-16)9-11-22-13-19(24)17-4-3-10-21-12-17/h3-8,10,12,14,19,22,24H,2,9,11,13H2,1H3. The van der Waals surface area contributed by atoms with Crippen LogP contribution in [-0.4, -0.2) is 28.2 Å². The largest absolute Gasteiger partial charge is 0.387 e. The molecule has 0 saturated carbocycles. The summed E-state index contributed by atoms with van der Waals surface area (Å²) in [6, 6.07) is 12.3. The second-order valence-corrected chi connectivity index (χ2v) is 6.88. The van der Waals surface area contributed by atoms with Crippen molar-refractivity contribution in [2.75, 3.05) is 13.1 Å². The van der Waals surface area contributed by atoms with Crippen molar-refractivity contribution in [2.45, 2.75) is 25.9 Å². The van der Waals surface area contributed by atoms with E-state index in [0.29, 0.717) is 6.54 Å². The van der Waals surface area contributed by atoms with Gasteiger partial charge < -0.3 is 10.4 Å². The van der Waals surface area contributed by atoms with Gasteiger partial charge in [-0.25, -0.2) is 4.98 Å². The summed E-state index contributed by atoms with van der Waals surface area (Å²) in [5.74, 6) is 0. The number of pyridine rings is 1. The predicted octanol–water partition coefficient (Wildman–Crippen LogP) is 3.63. The zero-order chi connectivity index (χ0) is 17.5.